The Labute approximate surface area is 151 Å². The lowest BCUT2D eigenvalue weighted by Gasteiger charge is -2.06. The van der Waals surface area contributed by atoms with Crippen molar-refractivity contribution in [1.29, 1.82) is 0 Å². The second-order valence-electron chi connectivity index (χ2n) is 6.17. The second-order valence-corrected chi connectivity index (χ2v) is 6.17. The number of hydrogen-bond donors (Lipinski definition) is 1. The van der Waals surface area contributed by atoms with Crippen LogP contribution in [0.1, 0.15) is 5.56 Å². The molecule has 26 heavy (non-hydrogen) atoms. The van der Waals surface area contributed by atoms with E-state index in [0.29, 0.717) is 18.7 Å². The first kappa shape index (κ1) is 16.3. The molecule has 130 valence electrons. The van der Waals surface area contributed by atoms with Gasteiger partial charge in [0.05, 0.1) is 6.54 Å². The summed E-state index contributed by atoms with van der Waals surface area (Å²) < 4.78 is 3.06. The summed E-state index contributed by atoms with van der Waals surface area (Å²) in [5.41, 5.74) is 4.22. The summed E-state index contributed by atoms with van der Waals surface area (Å²) in [4.78, 5) is 12.2. The highest BCUT2D eigenvalue weighted by atomic mass is 16.2. The van der Waals surface area contributed by atoms with E-state index >= 15 is 0 Å². The minimum absolute atomic E-state index is 0.102. The minimum Gasteiger partial charge on any atom is -0.311 e. The average Bonchev–Trinajstić information content (AvgIpc) is 3.02. The number of nitrogens with zero attached hydrogens (tertiary/aromatic N) is 3. The van der Waals surface area contributed by atoms with Gasteiger partial charge in [-0.2, -0.15) is 0 Å². The van der Waals surface area contributed by atoms with E-state index in [2.05, 4.69) is 46.8 Å². The number of pyridine rings is 1. The third kappa shape index (κ3) is 3.43. The molecule has 0 aliphatic rings. The van der Waals surface area contributed by atoms with Crippen LogP contribution in [0.4, 0.5) is 0 Å². The molecule has 0 spiro atoms. The molecule has 0 atom stereocenters. The monoisotopic (exact) mass is 344 g/mol. The lowest BCUT2D eigenvalue weighted by atomic mass is 10.0. The number of hydrogen-bond acceptors (Lipinski definition) is 3. The SMILES string of the molecule is O=c1n(CCNCc2ccc(-c3ccccc3)cc2)nc2ccccn12. The lowest BCUT2D eigenvalue weighted by Crippen LogP contribution is -2.27. The van der Waals surface area contributed by atoms with Crippen LogP contribution in [0.25, 0.3) is 16.8 Å². The number of rotatable bonds is 6. The molecule has 0 radical (unpaired) electrons. The van der Waals surface area contributed by atoms with Gasteiger partial charge in [0.1, 0.15) is 0 Å². The molecule has 5 nitrogen and oxygen atoms in total. The Kier molecular flexibility index (Phi) is 4.62. The van der Waals surface area contributed by atoms with Crippen LogP contribution in [0.2, 0.25) is 0 Å². The van der Waals surface area contributed by atoms with Gasteiger partial charge >= 0.3 is 5.69 Å². The normalized spacial score (nSPS) is 11.1. The molecule has 4 rings (SSSR count). The summed E-state index contributed by atoms with van der Waals surface area (Å²) in [5.74, 6) is 0. The van der Waals surface area contributed by atoms with Gasteiger partial charge in [0, 0.05) is 19.3 Å². The van der Waals surface area contributed by atoms with Crippen molar-refractivity contribution in [2.75, 3.05) is 6.54 Å². The zero-order chi connectivity index (χ0) is 17.8. The maximum atomic E-state index is 12.2. The van der Waals surface area contributed by atoms with E-state index < -0.39 is 0 Å². The molecule has 0 saturated heterocycles. The molecule has 2 aromatic carbocycles. The Bertz CT molecular complexity index is 1050. The predicted molar refractivity (Wildman–Crippen MR) is 103 cm³/mol. The summed E-state index contributed by atoms with van der Waals surface area (Å²) in [6.07, 6.45) is 1.74. The van der Waals surface area contributed by atoms with E-state index in [1.807, 2.05) is 36.4 Å². The van der Waals surface area contributed by atoms with Gasteiger partial charge in [-0.3, -0.25) is 4.40 Å². The highest BCUT2D eigenvalue weighted by molar-refractivity contribution is 5.63. The molecule has 0 unspecified atom stereocenters. The van der Waals surface area contributed by atoms with Crippen molar-refractivity contribution in [3.05, 3.63) is 95.0 Å². The largest absolute Gasteiger partial charge is 0.350 e. The Hall–Kier alpha value is -3.18. The van der Waals surface area contributed by atoms with Gasteiger partial charge in [-0.25, -0.2) is 9.48 Å². The molecule has 2 heterocycles. The number of benzene rings is 2. The van der Waals surface area contributed by atoms with Crippen molar-refractivity contribution in [3.63, 3.8) is 0 Å². The Morgan fingerprint density at radius 3 is 2.35 bits per heavy atom. The standard InChI is InChI=1S/C21H20N4O/c26-21-24-14-5-4-8-20(24)23-25(21)15-13-22-16-17-9-11-19(12-10-17)18-6-2-1-3-7-18/h1-12,14,22H,13,15-16H2. The molecule has 0 saturated carbocycles. The second kappa shape index (κ2) is 7.37. The fourth-order valence-corrected chi connectivity index (χ4v) is 2.98. The van der Waals surface area contributed by atoms with E-state index in [1.165, 1.54) is 21.4 Å². The number of aromatic nitrogens is 3. The highest BCUT2D eigenvalue weighted by Crippen LogP contribution is 2.19. The number of nitrogens with one attached hydrogen (secondary N) is 1. The quantitative estimate of drug-likeness (QED) is 0.547. The third-order valence-corrected chi connectivity index (χ3v) is 4.38. The highest BCUT2D eigenvalue weighted by Gasteiger charge is 2.05. The minimum atomic E-state index is -0.102. The van der Waals surface area contributed by atoms with Gasteiger partial charge in [0.25, 0.3) is 0 Å². The summed E-state index contributed by atoms with van der Waals surface area (Å²) in [5, 5.41) is 7.70. The van der Waals surface area contributed by atoms with Crippen LogP contribution in [-0.2, 0) is 13.1 Å². The van der Waals surface area contributed by atoms with Crippen molar-refractivity contribution >= 4 is 5.65 Å². The summed E-state index contributed by atoms with van der Waals surface area (Å²) in [6, 6.07) is 24.4. The Morgan fingerprint density at radius 2 is 1.58 bits per heavy atom. The number of fused-ring (bicyclic) bond motifs is 1. The zero-order valence-corrected chi connectivity index (χ0v) is 14.4. The molecule has 0 amide bonds. The van der Waals surface area contributed by atoms with Crippen LogP contribution in [0.3, 0.4) is 0 Å². The van der Waals surface area contributed by atoms with Crippen LogP contribution < -0.4 is 11.0 Å². The first-order chi connectivity index (χ1) is 12.8. The summed E-state index contributed by atoms with van der Waals surface area (Å²) >= 11 is 0. The molecule has 0 bridgehead atoms. The van der Waals surface area contributed by atoms with Crippen LogP contribution in [0.5, 0.6) is 0 Å². The van der Waals surface area contributed by atoms with Crippen molar-refractivity contribution in [2.45, 2.75) is 13.1 Å². The topological polar surface area (TPSA) is 51.3 Å². The zero-order valence-electron chi connectivity index (χ0n) is 14.4. The Balaban J connectivity index is 1.33. The first-order valence-electron chi connectivity index (χ1n) is 8.70. The van der Waals surface area contributed by atoms with Crippen molar-refractivity contribution in [3.8, 4) is 11.1 Å². The van der Waals surface area contributed by atoms with E-state index in [1.54, 1.807) is 10.6 Å². The van der Waals surface area contributed by atoms with E-state index in [0.717, 1.165) is 6.54 Å². The molecule has 5 heteroatoms. The summed E-state index contributed by atoms with van der Waals surface area (Å²) in [7, 11) is 0. The van der Waals surface area contributed by atoms with Crippen LogP contribution in [-0.4, -0.2) is 20.7 Å². The van der Waals surface area contributed by atoms with Crippen molar-refractivity contribution in [2.24, 2.45) is 0 Å². The van der Waals surface area contributed by atoms with Crippen LogP contribution in [0, 0.1) is 0 Å². The van der Waals surface area contributed by atoms with Crippen molar-refractivity contribution < 1.29 is 0 Å². The molecule has 0 aliphatic heterocycles. The van der Waals surface area contributed by atoms with E-state index in [9.17, 15) is 4.79 Å². The van der Waals surface area contributed by atoms with E-state index in [-0.39, 0.29) is 5.69 Å². The molecular weight excluding hydrogens is 324 g/mol. The van der Waals surface area contributed by atoms with Crippen molar-refractivity contribution in [1.82, 2.24) is 19.5 Å². The predicted octanol–water partition coefficient (Wildman–Crippen LogP) is 2.95. The van der Waals surface area contributed by atoms with Gasteiger partial charge in [-0.1, -0.05) is 60.7 Å². The van der Waals surface area contributed by atoms with Gasteiger partial charge in [-0.15, -0.1) is 5.10 Å². The molecule has 1 N–H and O–H groups in total. The van der Waals surface area contributed by atoms with Gasteiger partial charge in [0.2, 0.25) is 0 Å². The van der Waals surface area contributed by atoms with Crippen LogP contribution >= 0.6 is 0 Å². The first-order valence-corrected chi connectivity index (χ1v) is 8.70. The maximum absolute atomic E-state index is 12.2. The Morgan fingerprint density at radius 1 is 0.846 bits per heavy atom. The van der Waals surface area contributed by atoms with Gasteiger partial charge in [0.15, 0.2) is 5.65 Å². The van der Waals surface area contributed by atoms with E-state index in [4.69, 9.17) is 0 Å². The molecule has 2 aromatic heterocycles. The fraction of sp³-hybridized carbons (Fsp3) is 0.143. The third-order valence-electron chi connectivity index (χ3n) is 4.38. The maximum Gasteiger partial charge on any atom is 0.350 e. The molecule has 4 aromatic rings. The smallest absolute Gasteiger partial charge is 0.311 e. The van der Waals surface area contributed by atoms with Crippen LogP contribution in [0.15, 0.2) is 83.8 Å². The molecule has 0 aliphatic carbocycles. The lowest BCUT2D eigenvalue weighted by molar-refractivity contribution is 0.541. The molecule has 0 fully saturated rings. The fourth-order valence-electron chi connectivity index (χ4n) is 2.98. The summed E-state index contributed by atoms with van der Waals surface area (Å²) in [6.45, 7) is 1.99. The molecular formula is C21H20N4O. The van der Waals surface area contributed by atoms with Gasteiger partial charge in [-0.05, 0) is 28.8 Å². The van der Waals surface area contributed by atoms with Gasteiger partial charge < -0.3 is 5.32 Å². The average molecular weight is 344 g/mol.